The first-order valence-electron chi connectivity index (χ1n) is 5.01. The van der Waals surface area contributed by atoms with E-state index in [9.17, 15) is 0 Å². The SMILES string of the molecule is NC(Cc1ccc(Cl)cc1Cl)c1ccc(Cl)o1. The molecule has 2 aromatic rings. The first-order valence-corrected chi connectivity index (χ1v) is 6.14. The lowest BCUT2D eigenvalue weighted by molar-refractivity contribution is 0.466. The van der Waals surface area contributed by atoms with Crippen molar-refractivity contribution < 1.29 is 4.42 Å². The van der Waals surface area contributed by atoms with Crippen LogP contribution in [0.15, 0.2) is 34.7 Å². The number of benzene rings is 1. The summed E-state index contributed by atoms with van der Waals surface area (Å²) in [4.78, 5) is 0. The Morgan fingerprint density at radius 1 is 1.12 bits per heavy atom. The summed E-state index contributed by atoms with van der Waals surface area (Å²) >= 11 is 17.6. The minimum atomic E-state index is -0.277. The summed E-state index contributed by atoms with van der Waals surface area (Å²) in [6.45, 7) is 0. The van der Waals surface area contributed by atoms with Crippen molar-refractivity contribution in [2.45, 2.75) is 12.5 Å². The first kappa shape index (κ1) is 12.8. The lowest BCUT2D eigenvalue weighted by Gasteiger charge is -2.10. The molecule has 0 amide bonds. The van der Waals surface area contributed by atoms with Crippen molar-refractivity contribution in [3.8, 4) is 0 Å². The van der Waals surface area contributed by atoms with E-state index < -0.39 is 0 Å². The van der Waals surface area contributed by atoms with Crippen LogP contribution in [0.4, 0.5) is 0 Å². The van der Waals surface area contributed by atoms with E-state index in [0.717, 1.165) is 5.56 Å². The zero-order chi connectivity index (χ0) is 12.4. The van der Waals surface area contributed by atoms with Gasteiger partial charge in [-0.1, -0.05) is 29.3 Å². The van der Waals surface area contributed by atoms with Crippen molar-refractivity contribution in [1.82, 2.24) is 0 Å². The van der Waals surface area contributed by atoms with Crippen molar-refractivity contribution in [3.63, 3.8) is 0 Å². The van der Waals surface area contributed by atoms with E-state index in [0.29, 0.717) is 27.4 Å². The molecule has 0 bridgehead atoms. The average Bonchev–Trinajstić information content (AvgIpc) is 2.69. The van der Waals surface area contributed by atoms with E-state index >= 15 is 0 Å². The van der Waals surface area contributed by atoms with Gasteiger partial charge in [0.1, 0.15) is 5.76 Å². The summed E-state index contributed by atoms with van der Waals surface area (Å²) < 4.78 is 5.25. The van der Waals surface area contributed by atoms with Crippen molar-refractivity contribution >= 4 is 34.8 Å². The van der Waals surface area contributed by atoms with Gasteiger partial charge in [0.05, 0.1) is 6.04 Å². The number of halogens is 3. The number of furan rings is 1. The summed E-state index contributed by atoms with van der Waals surface area (Å²) in [6, 6.07) is 8.48. The monoisotopic (exact) mass is 289 g/mol. The molecule has 5 heteroatoms. The fourth-order valence-electron chi connectivity index (χ4n) is 1.55. The number of rotatable bonds is 3. The molecule has 1 aromatic carbocycles. The highest BCUT2D eigenvalue weighted by Crippen LogP contribution is 2.26. The molecule has 17 heavy (non-hydrogen) atoms. The molecule has 2 N–H and O–H groups in total. The van der Waals surface area contributed by atoms with Crippen LogP contribution in [0.1, 0.15) is 17.4 Å². The van der Waals surface area contributed by atoms with Gasteiger partial charge in [0, 0.05) is 10.0 Å². The van der Waals surface area contributed by atoms with E-state index in [1.54, 1.807) is 24.3 Å². The Balaban J connectivity index is 2.15. The van der Waals surface area contributed by atoms with Crippen LogP contribution in [0.3, 0.4) is 0 Å². The molecule has 2 nitrogen and oxygen atoms in total. The van der Waals surface area contributed by atoms with Crippen LogP contribution in [0.25, 0.3) is 0 Å². The molecular weight excluding hydrogens is 280 g/mol. The second-order valence-corrected chi connectivity index (χ2v) is 4.90. The van der Waals surface area contributed by atoms with Gasteiger partial charge in [-0.25, -0.2) is 0 Å². The Morgan fingerprint density at radius 2 is 1.88 bits per heavy atom. The second-order valence-electron chi connectivity index (χ2n) is 3.69. The average molecular weight is 291 g/mol. The lowest BCUT2D eigenvalue weighted by atomic mass is 10.0. The number of nitrogens with two attached hydrogens (primary N) is 1. The van der Waals surface area contributed by atoms with Crippen molar-refractivity contribution in [2.24, 2.45) is 5.73 Å². The van der Waals surface area contributed by atoms with Gasteiger partial charge in [-0.15, -0.1) is 0 Å². The molecule has 0 radical (unpaired) electrons. The smallest absolute Gasteiger partial charge is 0.193 e. The van der Waals surface area contributed by atoms with E-state index in [1.165, 1.54) is 0 Å². The predicted molar refractivity (Wildman–Crippen MR) is 70.8 cm³/mol. The zero-order valence-corrected chi connectivity index (χ0v) is 11.1. The minimum Gasteiger partial charge on any atom is -0.448 e. The molecule has 0 saturated carbocycles. The minimum absolute atomic E-state index is 0.277. The topological polar surface area (TPSA) is 39.2 Å². The molecule has 0 aliphatic heterocycles. The molecule has 1 heterocycles. The third kappa shape index (κ3) is 3.17. The summed E-state index contributed by atoms with van der Waals surface area (Å²) in [5.74, 6) is 0.640. The van der Waals surface area contributed by atoms with E-state index in [4.69, 9.17) is 45.0 Å². The Labute approximate surface area is 114 Å². The molecule has 90 valence electrons. The van der Waals surface area contributed by atoms with Gasteiger partial charge in [-0.3, -0.25) is 0 Å². The largest absolute Gasteiger partial charge is 0.448 e. The zero-order valence-electron chi connectivity index (χ0n) is 8.79. The number of hydrogen-bond acceptors (Lipinski definition) is 2. The molecule has 0 fully saturated rings. The van der Waals surface area contributed by atoms with Crippen molar-refractivity contribution in [3.05, 3.63) is 56.9 Å². The normalized spacial score (nSPS) is 12.7. The van der Waals surface area contributed by atoms with Crippen molar-refractivity contribution in [1.29, 1.82) is 0 Å². The molecule has 1 unspecified atom stereocenters. The Morgan fingerprint density at radius 3 is 2.47 bits per heavy atom. The third-order valence-electron chi connectivity index (χ3n) is 2.41. The van der Waals surface area contributed by atoms with Crippen molar-refractivity contribution in [2.75, 3.05) is 0 Å². The Bertz CT molecular complexity index is 524. The van der Waals surface area contributed by atoms with Crippen LogP contribution < -0.4 is 5.73 Å². The van der Waals surface area contributed by atoms with Gasteiger partial charge < -0.3 is 10.2 Å². The first-order chi connectivity index (χ1) is 8.06. The maximum Gasteiger partial charge on any atom is 0.193 e. The third-order valence-corrected chi connectivity index (χ3v) is 3.20. The van der Waals surface area contributed by atoms with Crippen LogP contribution >= 0.6 is 34.8 Å². The lowest BCUT2D eigenvalue weighted by Crippen LogP contribution is -2.12. The van der Waals surface area contributed by atoms with Crippen LogP contribution in [-0.4, -0.2) is 0 Å². The van der Waals surface area contributed by atoms with Crippen LogP contribution in [0, 0.1) is 0 Å². The molecule has 0 spiro atoms. The van der Waals surface area contributed by atoms with Crippen LogP contribution in [0.2, 0.25) is 15.3 Å². The van der Waals surface area contributed by atoms with E-state index in [2.05, 4.69) is 0 Å². The fourth-order valence-corrected chi connectivity index (χ4v) is 2.19. The van der Waals surface area contributed by atoms with Gasteiger partial charge in [0.2, 0.25) is 0 Å². The van der Waals surface area contributed by atoms with Gasteiger partial charge in [0.25, 0.3) is 0 Å². The summed E-state index contributed by atoms with van der Waals surface area (Å²) in [5.41, 5.74) is 6.93. The highest BCUT2D eigenvalue weighted by atomic mass is 35.5. The molecule has 0 saturated heterocycles. The standard InChI is InChI=1S/C12H10Cl3NO/c13-8-2-1-7(9(14)6-8)5-10(16)11-3-4-12(15)17-11/h1-4,6,10H,5,16H2. The maximum atomic E-state index is 6.07. The Kier molecular flexibility index (Phi) is 4.00. The van der Waals surface area contributed by atoms with Gasteiger partial charge in [-0.05, 0) is 47.9 Å². The van der Waals surface area contributed by atoms with Gasteiger partial charge in [0.15, 0.2) is 5.22 Å². The summed E-state index contributed by atoms with van der Waals surface area (Å²) in [5, 5.41) is 1.54. The predicted octanol–water partition coefficient (Wildman–Crippen LogP) is 4.48. The number of hydrogen-bond donors (Lipinski definition) is 1. The highest BCUT2D eigenvalue weighted by molar-refractivity contribution is 6.35. The van der Waals surface area contributed by atoms with Gasteiger partial charge in [-0.2, -0.15) is 0 Å². The van der Waals surface area contributed by atoms with Crippen LogP contribution in [0.5, 0.6) is 0 Å². The summed E-state index contributed by atoms with van der Waals surface area (Å²) in [7, 11) is 0. The van der Waals surface area contributed by atoms with E-state index in [1.807, 2.05) is 6.07 Å². The van der Waals surface area contributed by atoms with E-state index in [-0.39, 0.29) is 6.04 Å². The molecule has 0 aliphatic rings. The molecule has 1 atom stereocenters. The quantitative estimate of drug-likeness (QED) is 0.905. The highest BCUT2D eigenvalue weighted by Gasteiger charge is 2.13. The molecular formula is C12H10Cl3NO. The molecule has 2 rings (SSSR count). The molecule has 0 aliphatic carbocycles. The second kappa shape index (κ2) is 5.32. The van der Waals surface area contributed by atoms with Gasteiger partial charge >= 0.3 is 0 Å². The Hall–Kier alpha value is -0.670. The molecule has 1 aromatic heterocycles. The fraction of sp³-hybridized carbons (Fsp3) is 0.167. The maximum absolute atomic E-state index is 6.07. The summed E-state index contributed by atoms with van der Waals surface area (Å²) in [6.07, 6.45) is 0.569. The van der Waals surface area contributed by atoms with Crippen LogP contribution in [-0.2, 0) is 6.42 Å².